The third-order valence-corrected chi connectivity index (χ3v) is 17.2. The second kappa shape index (κ2) is 13.6. The van der Waals surface area contributed by atoms with Crippen molar-refractivity contribution < 1.29 is 28.7 Å². The average Bonchev–Trinajstić information content (AvgIpc) is 3.38. The predicted octanol–water partition coefficient (Wildman–Crippen LogP) is 9.77. The van der Waals surface area contributed by atoms with Gasteiger partial charge in [0.1, 0.15) is 16.6 Å². The van der Waals surface area contributed by atoms with Gasteiger partial charge in [-0.3, -0.25) is 14.5 Å². The molecule has 4 saturated carbocycles. The second-order valence-electron chi connectivity index (χ2n) is 19.1. The summed E-state index contributed by atoms with van der Waals surface area (Å²) < 4.78 is 11.1. The number of carbonyl (C=O) groups is 3. The maximum absolute atomic E-state index is 13.6. The van der Waals surface area contributed by atoms with Crippen LogP contribution in [0.15, 0.2) is 46.0 Å². The van der Waals surface area contributed by atoms with E-state index in [1.54, 1.807) is 20.3 Å². The molecule has 1 saturated heterocycles. The van der Waals surface area contributed by atoms with Crippen molar-refractivity contribution in [1.82, 2.24) is 4.90 Å². The Morgan fingerprint density at radius 1 is 0.963 bits per heavy atom. The molecule has 10 heteroatoms. The molecule has 0 unspecified atom stereocenters. The lowest BCUT2D eigenvalue weighted by Crippen LogP contribution is -2.64. The van der Waals surface area contributed by atoms with Crippen molar-refractivity contribution in [3.05, 3.63) is 46.4 Å². The summed E-state index contributed by atoms with van der Waals surface area (Å²) in [5.41, 5.74) is 3.00. The highest BCUT2D eigenvalue weighted by Crippen LogP contribution is 2.75. The highest BCUT2D eigenvalue weighted by Gasteiger charge is 2.69. The molecule has 1 amide bonds. The van der Waals surface area contributed by atoms with E-state index in [1.165, 1.54) is 22.2 Å². The Labute approximate surface area is 331 Å². The summed E-state index contributed by atoms with van der Waals surface area (Å²) >= 11 is 6.67. The van der Waals surface area contributed by atoms with Gasteiger partial charge in [0.25, 0.3) is 5.91 Å². The van der Waals surface area contributed by atoms with Crippen molar-refractivity contribution in [1.29, 1.82) is 0 Å². The van der Waals surface area contributed by atoms with Crippen LogP contribution >= 0.6 is 24.0 Å². The minimum atomic E-state index is -0.603. The van der Waals surface area contributed by atoms with E-state index in [9.17, 15) is 14.4 Å². The molecule has 1 aromatic carbocycles. The Balaban J connectivity index is 1.07. The minimum Gasteiger partial charge on any atom is -0.497 e. The minimum absolute atomic E-state index is 0.00427. The van der Waals surface area contributed by atoms with Gasteiger partial charge in [-0.15, -0.1) is 0 Å². The first kappa shape index (κ1) is 39.3. The molecular formula is C44H58N2O6S2. The highest BCUT2D eigenvalue weighted by molar-refractivity contribution is 8.26. The molecule has 292 valence electrons. The van der Waals surface area contributed by atoms with Gasteiger partial charge in [0.2, 0.25) is 0 Å². The van der Waals surface area contributed by atoms with Crippen LogP contribution in [0.25, 0.3) is 6.08 Å². The molecule has 0 aromatic heterocycles. The third kappa shape index (κ3) is 6.02. The molecule has 0 N–H and O–H groups in total. The number of hydrogen-bond acceptors (Lipinski definition) is 9. The Hall–Kier alpha value is -2.98. The number of methoxy groups -OCH3 is 2. The van der Waals surface area contributed by atoms with Crippen molar-refractivity contribution in [3.8, 4) is 5.75 Å². The largest absolute Gasteiger partial charge is 0.497 e. The summed E-state index contributed by atoms with van der Waals surface area (Å²) in [6.07, 6.45) is 14.2. The van der Waals surface area contributed by atoms with Crippen LogP contribution in [-0.4, -0.2) is 53.5 Å². The third-order valence-electron chi connectivity index (χ3n) is 15.8. The van der Waals surface area contributed by atoms with E-state index in [4.69, 9.17) is 26.5 Å². The number of rotatable bonds is 6. The second-order valence-corrected chi connectivity index (χ2v) is 20.8. The van der Waals surface area contributed by atoms with E-state index in [2.05, 4.69) is 59.7 Å². The van der Waals surface area contributed by atoms with Crippen LogP contribution in [0.2, 0.25) is 0 Å². The first-order valence-corrected chi connectivity index (χ1v) is 21.0. The smallest absolute Gasteiger partial charge is 0.354 e. The summed E-state index contributed by atoms with van der Waals surface area (Å²) in [5.74, 6) is 0.894. The van der Waals surface area contributed by atoms with E-state index in [1.807, 2.05) is 24.3 Å². The fourth-order valence-electron chi connectivity index (χ4n) is 12.5. The molecule has 6 aliphatic rings. The van der Waals surface area contributed by atoms with Crippen LogP contribution in [0, 0.1) is 50.2 Å². The molecule has 5 aliphatic carbocycles. The molecule has 5 fully saturated rings. The summed E-state index contributed by atoms with van der Waals surface area (Å²) in [5, 5.41) is 4.54. The molecule has 0 bridgehead atoms. The monoisotopic (exact) mass is 774 g/mol. The molecular weight excluding hydrogens is 717 g/mol. The van der Waals surface area contributed by atoms with Crippen LogP contribution < -0.4 is 4.74 Å². The summed E-state index contributed by atoms with van der Waals surface area (Å²) in [7, 11) is 3.18. The number of hydrogen-bond donors (Lipinski definition) is 0. The maximum atomic E-state index is 13.6. The predicted molar refractivity (Wildman–Crippen MR) is 217 cm³/mol. The van der Waals surface area contributed by atoms with E-state index in [-0.39, 0.29) is 51.4 Å². The number of fused-ring (bicyclic) bond motifs is 7. The Morgan fingerprint density at radius 3 is 2.35 bits per heavy atom. The topological polar surface area (TPSA) is 94.5 Å². The van der Waals surface area contributed by atoms with Crippen molar-refractivity contribution in [2.45, 2.75) is 113 Å². The number of thioether (sulfide) groups is 1. The van der Waals surface area contributed by atoms with E-state index >= 15 is 0 Å². The average molecular weight is 775 g/mol. The van der Waals surface area contributed by atoms with Crippen molar-refractivity contribution in [2.75, 3.05) is 20.8 Å². The number of thiocarbonyl (C=S) groups is 1. The van der Waals surface area contributed by atoms with Gasteiger partial charge in [-0.05, 0) is 127 Å². The van der Waals surface area contributed by atoms with Gasteiger partial charge in [-0.25, -0.2) is 4.79 Å². The van der Waals surface area contributed by atoms with Crippen LogP contribution in [0.3, 0.4) is 0 Å². The molecule has 8 nitrogen and oxygen atoms in total. The zero-order valence-corrected chi connectivity index (χ0v) is 35.3. The zero-order valence-electron chi connectivity index (χ0n) is 33.6. The summed E-state index contributed by atoms with van der Waals surface area (Å²) in [6, 6.07) is 7.39. The van der Waals surface area contributed by atoms with Gasteiger partial charge in [-0.1, -0.05) is 101 Å². The molecule has 0 radical (unpaired) electrons. The highest BCUT2D eigenvalue weighted by atomic mass is 32.2. The zero-order chi connectivity index (χ0) is 39.1. The molecule has 0 spiro atoms. The van der Waals surface area contributed by atoms with Gasteiger partial charge in [0.05, 0.1) is 30.3 Å². The van der Waals surface area contributed by atoms with Crippen molar-refractivity contribution in [3.63, 3.8) is 0 Å². The molecule has 7 rings (SSSR count). The molecule has 1 aromatic rings. The van der Waals surface area contributed by atoms with Gasteiger partial charge in [-0.2, -0.15) is 0 Å². The Morgan fingerprint density at radius 2 is 1.67 bits per heavy atom. The normalized spacial score (nSPS) is 38.1. The fourth-order valence-corrected chi connectivity index (χ4v) is 13.8. The summed E-state index contributed by atoms with van der Waals surface area (Å²) in [4.78, 5) is 47.4. The first-order valence-electron chi connectivity index (χ1n) is 19.8. The maximum Gasteiger partial charge on any atom is 0.354 e. The Kier molecular flexibility index (Phi) is 9.89. The van der Waals surface area contributed by atoms with Crippen LogP contribution in [-0.2, 0) is 24.0 Å². The van der Waals surface area contributed by atoms with Crippen LogP contribution in [0.1, 0.15) is 118 Å². The number of ether oxygens (including phenoxy) is 2. The number of oxime groups is 1. The van der Waals surface area contributed by atoms with Gasteiger partial charge >= 0.3 is 11.9 Å². The number of allylic oxidation sites excluding steroid dienone is 2. The summed E-state index contributed by atoms with van der Waals surface area (Å²) in [6.45, 7) is 16.6. The SMILES string of the molecule is COC(=O)[C@]12CCC(C)(C)C[C@H]1C1=CC[C@H]3[C@@]4(C)CC/C(=N/OC(=O)CN5C(=O)/C(=C/c6ccc(OC)cc6)SC5=S)C(C)(C)[C@@H]4CC[C@@]3(C)[C@]1(C)CC2. The number of benzene rings is 1. The molecule has 1 heterocycles. The fraction of sp³-hybridized carbons (Fsp3) is 0.659. The quantitative estimate of drug-likeness (QED) is 0.0705. The number of amides is 1. The number of esters is 1. The standard InChI is InChI=1S/C44H58N2O6S2/c1-39(2)20-22-44(37(49)51-9)23-21-42(6)29(30(44)25-39)14-15-33-41(5)18-17-34(40(3,4)32(41)16-19-43(33,42)7)45-52-35(47)26-46-36(48)31(54-38(46)53)24-27-10-12-28(50-8)13-11-27/h10-14,24,30,32-33H,15-23,25-26H2,1-9H3/b31-24-,45-34-/t30-,32-,33-,41-,42+,43+,44-/m0/s1. The van der Waals surface area contributed by atoms with E-state index in [0.29, 0.717) is 21.1 Å². The lowest BCUT2D eigenvalue weighted by molar-refractivity contribution is -0.181. The first-order chi connectivity index (χ1) is 25.3. The Bertz CT molecular complexity index is 1850. The number of carbonyl (C=O) groups excluding carboxylic acids is 3. The lowest BCUT2D eigenvalue weighted by atomic mass is 9.33. The van der Waals surface area contributed by atoms with Crippen LogP contribution in [0.4, 0.5) is 0 Å². The number of nitrogens with zero attached hydrogens (tertiary/aromatic N) is 2. The van der Waals surface area contributed by atoms with E-state index in [0.717, 1.165) is 81.2 Å². The molecule has 1 aliphatic heterocycles. The molecule has 54 heavy (non-hydrogen) atoms. The van der Waals surface area contributed by atoms with Crippen LogP contribution in [0.5, 0.6) is 5.75 Å². The van der Waals surface area contributed by atoms with Crippen molar-refractivity contribution >= 4 is 57.9 Å². The van der Waals surface area contributed by atoms with Gasteiger partial charge in [0, 0.05) is 5.41 Å². The van der Waals surface area contributed by atoms with Gasteiger partial charge in [0.15, 0.2) is 0 Å². The van der Waals surface area contributed by atoms with Crippen molar-refractivity contribution in [2.24, 2.45) is 55.4 Å². The van der Waals surface area contributed by atoms with Gasteiger partial charge < -0.3 is 14.3 Å². The lowest BCUT2D eigenvalue weighted by Gasteiger charge is -2.70. The molecule has 7 atom stereocenters. The van der Waals surface area contributed by atoms with E-state index < -0.39 is 11.4 Å².